The fourth-order valence-electron chi connectivity index (χ4n) is 2.32. The van der Waals surface area contributed by atoms with Gasteiger partial charge in [0.15, 0.2) is 0 Å². The zero-order chi connectivity index (χ0) is 11.8. The second-order valence-corrected chi connectivity index (χ2v) is 6.44. The third-order valence-corrected chi connectivity index (χ3v) is 3.77. The molecule has 0 aromatic carbocycles. The Balaban J connectivity index is 1.95. The van der Waals surface area contributed by atoms with E-state index < -0.39 is 0 Å². The van der Waals surface area contributed by atoms with Gasteiger partial charge in [0.1, 0.15) is 0 Å². The molecule has 1 aliphatic heterocycles. The van der Waals surface area contributed by atoms with Crippen LogP contribution in [0.1, 0.15) is 39.7 Å². The minimum absolute atomic E-state index is 0.301. The van der Waals surface area contributed by atoms with Gasteiger partial charge >= 0.3 is 0 Å². The lowest BCUT2D eigenvalue weighted by molar-refractivity contribution is 0.0870. The highest BCUT2D eigenvalue weighted by molar-refractivity contribution is 9.10. The van der Waals surface area contributed by atoms with E-state index in [0.29, 0.717) is 11.6 Å². The molecule has 0 bridgehead atoms. The van der Waals surface area contributed by atoms with Crippen LogP contribution in [0.15, 0.2) is 16.9 Å². The molecule has 1 aliphatic rings. The summed E-state index contributed by atoms with van der Waals surface area (Å²) in [6, 6.07) is 0.574. The first-order chi connectivity index (χ1) is 7.47. The monoisotopic (exact) mass is 285 g/mol. The fourth-order valence-corrected chi connectivity index (χ4v) is 2.62. The molecule has 4 heteroatoms. The van der Waals surface area contributed by atoms with Crippen molar-refractivity contribution in [3.8, 4) is 0 Å². The van der Waals surface area contributed by atoms with Crippen LogP contribution in [0.25, 0.3) is 0 Å². The molecule has 1 saturated heterocycles. The van der Waals surface area contributed by atoms with E-state index >= 15 is 0 Å². The SMILES string of the molecule is CC(C)(C)N1CCC(n2cc(Br)cn2)CC1. The van der Waals surface area contributed by atoms with Gasteiger partial charge in [-0.05, 0) is 49.5 Å². The molecule has 0 amide bonds. The number of hydrogen-bond acceptors (Lipinski definition) is 2. The van der Waals surface area contributed by atoms with Crippen molar-refractivity contribution in [3.63, 3.8) is 0 Å². The van der Waals surface area contributed by atoms with E-state index in [1.807, 2.05) is 6.20 Å². The third kappa shape index (κ3) is 2.66. The lowest BCUT2D eigenvalue weighted by Crippen LogP contribution is -2.46. The van der Waals surface area contributed by atoms with Crippen LogP contribution in [0.4, 0.5) is 0 Å². The lowest BCUT2D eigenvalue weighted by atomic mass is 9.98. The molecule has 0 atom stereocenters. The summed E-state index contributed by atoms with van der Waals surface area (Å²) in [6.07, 6.45) is 6.35. The van der Waals surface area contributed by atoms with Crippen molar-refractivity contribution in [2.24, 2.45) is 0 Å². The van der Waals surface area contributed by atoms with Crippen molar-refractivity contribution in [2.45, 2.75) is 45.2 Å². The van der Waals surface area contributed by atoms with Crippen molar-refractivity contribution >= 4 is 15.9 Å². The zero-order valence-corrected chi connectivity index (χ0v) is 11.9. The van der Waals surface area contributed by atoms with Gasteiger partial charge in [-0.1, -0.05) is 0 Å². The second kappa shape index (κ2) is 4.49. The minimum atomic E-state index is 0.301. The Kier molecular flexibility index (Phi) is 3.40. The summed E-state index contributed by atoms with van der Waals surface area (Å²) in [5, 5.41) is 4.38. The molecule has 0 radical (unpaired) electrons. The molecule has 1 aromatic heterocycles. The third-order valence-electron chi connectivity index (χ3n) is 3.36. The maximum Gasteiger partial charge on any atom is 0.0632 e. The van der Waals surface area contributed by atoms with Gasteiger partial charge in [0.05, 0.1) is 16.7 Å². The van der Waals surface area contributed by atoms with Gasteiger partial charge in [0.25, 0.3) is 0 Å². The summed E-state index contributed by atoms with van der Waals surface area (Å²) in [7, 11) is 0. The van der Waals surface area contributed by atoms with E-state index in [0.717, 1.165) is 4.47 Å². The highest BCUT2D eigenvalue weighted by Crippen LogP contribution is 2.27. The summed E-state index contributed by atoms with van der Waals surface area (Å²) in [5.41, 5.74) is 0.301. The topological polar surface area (TPSA) is 21.1 Å². The number of likely N-dealkylation sites (tertiary alicyclic amines) is 1. The van der Waals surface area contributed by atoms with Crippen LogP contribution in [-0.2, 0) is 0 Å². The second-order valence-electron chi connectivity index (χ2n) is 5.53. The maximum atomic E-state index is 4.38. The molecule has 0 spiro atoms. The quantitative estimate of drug-likeness (QED) is 0.791. The van der Waals surface area contributed by atoms with Crippen molar-refractivity contribution in [1.29, 1.82) is 0 Å². The summed E-state index contributed by atoms with van der Waals surface area (Å²) in [5.74, 6) is 0. The number of halogens is 1. The molecule has 90 valence electrons. The smallest absolute Gasteiger partial charge is 0.0632 e. The minimum Gasteiger partial charge on any atom is -0.298 e. The van der Waals surface area contributed by atoms with Crippen LogP contribution in [0.3, 0.4) is 0 Å². The summed E-state index contributed by atoms with van der Waals surface area (Å²) in [4.78, 5) is 2.56. The average Bonchev–Trinajstić information content (AvgIpc) is 2.64. The Morgan fingerprint density at radius 2 is 1.94 bits per heavy atom. The molecule has 3 nitrogen and oxygen atoms in total. The van der Waals surface area contributed by atoms with Gasteiger partial charge in [0.2, 0.25) is 0 Å². The highest BCUT2D eigenvalue weighted by Gasteiger charge is 2.27. The molecular weight excluding hydrogens is 266 g/mol. The summed E-state index contributed by atoms with van der Waals surface area (Å²) >= 11 is 3.45. The predicted octanol–water partition coefficient (Wildman–Crippen LogP) is 3.08. The molecule has 1 aromatic rings. The van der Waals surface area contributed by atoms with E-state index in [2.05, 4.69) is 57.6 Å². The first-order valence-electron chi connectivity index (χ1n) is 5.91. The van der Waals surface area contributed by atoms with Crippen molar-refractivity contribution in [2.75, 3.05) is 13.1 Å². The van der Waals surface area contributed by atoms with Crippen LogP contribution in [0, 0.1) is 0 Å². The lowest BCUT2D eigenvalue weighted by Gasteiger charge is -2.40. The van der Waals surface area contributed by atoms with E-state index in [4.69, 9.17) is 0 Å². The van der Waals surface area contributed by atoms with Crippen molar-refractivity contribution in [3.05, 3.63) is 16.9 Å². The normalized spacial score (nSPS) is 20.2. The number of rotatable bonds is 1. The standard InChI is InChI=1S/C12H20BrN3/c1-12(2,3)15-6-4-11(5-7-15)16-9-10(13)8-14-16/h8-9,11H,4-7H2,1-3H3. The van der Waals surface area contributed by atoms with Gasteiger partial charge < -0.3 is 0 Å². The van der Waals surface area contributed by atoms with Gasteiger partial charge in [-0.2, -0.15) is 5.10 Å². The van der Waals surface area contributed by atoms with Gasteiger partial charge in [-0.3, -0.25) is 9.58 Å². The number of piperidine rings is 1. The van der Waals surface area contributed by atoms with E-state index in [-0.39, 0.29) is 0 Å². The Labute approximate surface area is 106 Å². The van der Waals surface area contributed by atoms with Crippen LogP contribution in [0.2, 0.25) is 0 Å². The van der Waals surface area contributed by atoms with Gasteiger partial charge in [0, 0.05) is 24.8 Å². The zero-order valence-electron chi connectivity index (χ0n) is 10.3. The van der Waals surface area contributed by atoms with E-state index in [1.54, 1.807) is 0 Å². The molecule has 0 aliphatic carbocycles. The Morgan fingerprint density at radius 3 is 2.38 bits per heavy atom. The largest absolute Gasteiger partial charge is 0.298 e. The number of nitrogens with zero attached hydrogens (tertiary/aromatic N) is 3. The van der Waals surface area contributed by atoms with Gasteiger partial charge in [-0.15, -0.1) is 0 Å². The Bertz CT molecular complexity index is 345. The first kappa shape index (κ1) is 12.1. The molecule has 2 rings (SSSR count). The van der Waals surface area contributed by atoms with E-state index in [1.165, 1.54) is 25.9 Å². The van der Waals surface area contributed by atoms with E-state index in [9.17, 15) is 0 Å². The van der Waals surface area contributed by atoms with Crippen LogP contribution in [0.5, 0.6) is 0 Å². The van der Waals surface area contributed by atoms with Gasteiger partial charge in [-0.25, -0.2) is 0 Å². The summed E-state index contributed by atoms with van der Waals surface area (Å²) in [6.45, 7) is 9.21. The summed E-state index contributed by atoms with van der Waals surface area (Å²) < 4.78 is 3.18. The van der Waals surface area contributed by atoms with Crippen LogP contribution in [-0.4, -0.2) is 33.3 Å². The highest BCUT2D eigenvalue weighted by atomic mass is 79.9. The van der Waals surface area contributed by atoms with Crippen LogP contribution >= 0.6 is 15.9 Å². The molecule has 0 saturated carbocycles. The van der Waals surface area contributed by atoms with Crippen molar-refractivity contribution in [1.82, 2.24) is 14.7 Å². The molecule has 0 N–H and O–H groups in total. The molecule has 2 heterocycles. The van der Waals surface area contributed by atoms with Crippen molar-refractivity contribution < 1.29 is 0 Å². The Hall–Kier alpha value is -0.350. The average molecular weight is 286 g/mol. The predicted molar refractivity (Wildman–Crippen MR) is 69.5 cm³/mol. The molecular formula is C12H20BrN3. The first-order valence-corrected chi connectivity index (χ1v) is 6.71. The molecule has 1 fully saturated rings. The Morgan fingerprint density at radius 1 is 1.31 bits per heavy atom. The molecule has 0 unspecified atom stereocenters. The fraction of sp³-hybridized carbons (Fsp3) is 0.750. The molecule has 16 heavy (non-hydrogen) atoms. The number of hydrogen-bond donors (Lipinski definition) is 0. The van der Waals surface area contributed by atoms with Crippen LogP contribution < -0.4 is 0 Å². The maximum absolute atomic E-state index is 4.38. The number of aromatic nitrogens is 2.